The fourth-order valence-electron chi connectivity index (χ4n) is 1.86. The Labute approximate surface area is 131 Å². The molecule has 0 amide bonds. The molecule has 0 saturated heterocycles. The zero-order valence-corrected chi connectivity index (χ0v) is 14.8. The second kappa shape index (κ2) is 7.33. The molecule has 0 unspecified atom stereocenters. The van der Waals surface area contributed by atoms with E-state index in [-0.39, 0.29) is 20.3 Å². The summed E-state index contributed by atoms with van der Waals surface area (Å²) in [6, 6.07) is 20.8. The van der Waals surface area contributed by atoms with Gasteiger partial charge < -0.3 is 0 Å². The molecule has 104 valence electrons. The maximum atomic E-state index is 11.2. The number of hydrogen-bond acceptors (Lipinski definition) is 2. The maximum absolute atomic E-state index is 11.2. The van der Waals surface area contributed by atoms with Crippen LogP contribution in [-0.2, 0) is 16.6 Å². The average Bonchev–Trinajstić information content (AvgIpc) is 2.48. The van der Waals surface area contributed by atoms with Crippen molar-refractivity contribution in [2.45, 2.75) is 18.7 Å². The summed E-state index contributed by atoms with van der Waals surface area (Å²) >= 11 is 6.39. The van der Waals surface area contributed by atoms with Crippen LogP contribution in [0.3, 0.4) is 0 Å². The monoisotopic (exact) mass is 368 g/mol. The van der Waals surface area contributed by atoms with Gasteiger partial charge >= 0.3 is 132 Å². The molecule has 2 aromatic carbocycles. The second-order valence-electron chi connectivity index (χ2n) is 4.51. The Kier molecular flexibility index (Phi) is 5.74. The van der Waals surface area contributed by atoms with Crippen molar-refractivity contribution < 1.29 is 4.79 Å². The Morgan fingerprint density at radius 1 is 1.00 bits per heavy atom. The predicted molar refractivity (Wildman–Crippen MR) is 92.3 cm³/mol. The van der Waals surface area contributed by atoms with Crippen molar-refractivity contribution in [3.8, 4) is 0 Å². The summed E-state index contributed by atoms with van der Waals surface area (Å²) in [5.41, 5.74) is 0. The van der Waals surface area contributed by atoms with E-state index in [2.05, 4.69) is 48.5 Å². The van der Waals surface area contributed by atoms with Crippen LogP contribution in [0, 0.1) is 0 Å². The van der Waals surface area contributed by atoms with Gasteiger partial charge in [0.25, 0.3) is 0 Å². The second-order valence-corrected chi connectivity index (χ2v) is 16.0. The molecule has 0 saturated carbocycles. The van der Waals surface area contributed by atoms with Crippen LogP contribution in [0.5, 0.6) is 0 Å². The number of ketones is 1. The van der Waals surface area contributed by atoms with Crippen molar-refractivity contribution >= 4 is 47.4 Å². The van der Waals surface area contributed by atoms with Crippen LogP contribution in [0.4, 0.5) is 0 Å². The molecule has 0 aliphatic rings. The summed E-state index contributed by atoms with van der Waals surface area (Å²) in [6.07, 6.45) is 0.651. The van der Waals surface area contributed by atoms with E-state index in [9.17, 15) is 4.79 Å². The Morgan fingerprint density at radius 3 is 1.85 bits per heavy atom. The van der Waals surface area contributed by atoms with Gasteiger partial charge in [0.1, 0.15) is 0 Å². The predicted octanol–water partition coefficient (Wildman–Crippen LogP) is 3.13. The van der Waals surface area contributed by atoms with Crippen molar-refractivity contribution in [3.05, 3.63) is 60.7 Å². The van der Waals surface area contributed by atoms with Crippen LogP contribution in [0.2, 0.25) is 5.32 Å². The summed E-state index contributed by atoms with van der Waals surface area (Å²) in [5.74, 6) is 0.259. The topological polar surface area (TPSA) is 17.1 Å². The summed E-state index contributed by atoms with van der Waals surface area (Å²) in [6.45, 7) is 1.66. The van der Waals surface area contributed by atoms with Crippen LogP contribution in [0.15, 0.2) is 60.7 Å². The number of hydrogen-bond donors (Lipinski definition) is 0. The van der Waals surface area contributed by atoms with Gasteiger partial charge in [0, 0.05) is 0 Å². The van der Waals surface area contributed by atoms with Gasteiger partial charge in [0.05, 0.1) is 0 Å². The molecule has 1 nitrogen and oxygen atoms in total. The SMILES string of the molecule is CC(=O)CC[Se]P(=S)(c1ccccc1)c1ccccc1. The van der Waals surface area contributed by atoms with Gasteiger partial charge in [0.15, 0.2) is 0 Å². The van der Waals surface area contributed by atoms with Crippen molar-refractivity contribution in [1.29, 1.82) is 0 Å². The number of rotatable bonds is 6. The van der Waals surface area contributed by atoms with Crippen LogP contribution >= 0.6 is 4.73 Å². The number of carbonyl (C=O) groups excluding carboxylic acids is 1. The van der Waals surface area contributed by atoms with Crippen molar-refractivity contribution in [2.24, 2.45) is 0 Å². The van der Waals surface area contributed by atoms with Crippen LogP contribution in [-0.4, -0.2) is 20.3 Å². The van der Waals surface area contributed by atoms with Crippen molar-refractivity contribution in [2.75, 3.05) is 0 Å². The van der Waals surface area contributed by atoms with Crippen LogP contribution in [0.25, 0.3) is 0 Å². The molecular formula is C16H17OPSSe. The third-order valence-corrected chi connectivity index (χ3v) is 14.8. The van der Waals surface area contributed by atoms with Gasteiger partial charge in [-0.3, -0.25) is 0 Å². The molecule has 0 radical (unpaired) electrons. The van der Waals surface area contributed by atoms with Crippen molar-refractivity contribution in [3.63, 3.8) is 0 Å². The molecule has 0 heterocycles. The van der Waals surface area contributed by atoms with E-state index in [0.29, 0.717) is 6.42 Å². The molecule has 0 spiro atoms. The minimum absolute atomic E-state index is 0.259. The first-order valence-electron chi connectivity index (χ1n) is 6.48. The van der Waals surface area contributed by atoms with Gasteiger partial charge in [-0.05, 0) is 0 Å². The fraction of sp³-hybridized carbons (Fsp3) is 0.188. The normalized spacial score (nSPS) is 11.2. The van der Waals surface area contributed by atoms with E-state index < -0.39 is 4.73 Å². The molecule has 4 heteroatoms. The Balaban J connectivity index is 2.34. The van der Waals surface area contributed by atoms with Gasteiger partial charge in [0.2, 0.25) is 0 Å². The molecule has 2 aromatic rings. The molecule has 2 rings (SSSR count). The molecule has 0 fully saturated rings. The summed E-state index contributed by atoms with van der Waals surface area (Å²) in [7, 11) is 0. The quantitative estimate of drug-likeness (QED) is 0.577. The molecule has 0 aromatic heterocycles. The molecule has 0 N–H and O–H groups in total. The van der Waals surface area contributed by atoms with Crippen molar-refractivity contribution in [1.82, 2.24) is 0 Å². The number of Topliss-reactive ketones (excluding diaryl/α,β-unsaturated/α-hetero) is 1. The van der Waals surface area contributed by atoms with E-state index in [1.54, 1.807) is 6.92 Å². The molecule has 0 aliphatic carbocycles. The molecule has 0 atom stereocenters. The Morgan fingerprint density at radius 2 is 1.45 bits per heavy atom. The third-order valence-electron chi connectivity index (χ3n) is 2.92. The zero-order chi connectivity index (χ0) is 14.4. The van der Waals surface area contributed by atoms with Gasteiger partial charge in [-0.25, -0.2) is 0 Å². The number of benzene rings is 2. The minimum atomic E-state index is -1.74. The van der Waals surface area contributed by atoms with E-state index in [4.69, 9.17) is 11.8 Å². The van der Waals surface area contributed by atoms with E-state index in [0.717, 1.165) is 5.32 Å². The van der Waals surface area contributed by atoms with Gasteiger partial charge in [-0.1, -0.05) is 0 Å². The molecule has 0 aliphatic heterocycles. The first-order chi connectivity index (χ1) is 9.63. The summed E-state index contributed by atoms with van der Waals surface area (Å²) in [5, 5.41) is 3.47. The Bertz CT molecular complexity index is 569. The van der Waals surface area contributed by atoms with E-state index in [1.807, 2.05) is 12.1 Å². The van der Waals surface area contributed by atoms with Gasteiger partial charge in [-0.15, -0.1) is 0 Å². The molecule has 20 heavy (non-hydrogen) atoms. The standard InChI is InChI=1S/C16H17OPSSe/c1-14(17)12-13-20-18(19,15-8-4-2-5-9-15)16-10-6-3-7-11-16/h2-11H,12-13H2,1H3. The molecular weight excluding hydrogens is 350 g/mol. The summed E-state index contributed by atoms with van der Waals surface area (Å²) < 4.78 is -1.74. The van der Waals surface area contributed by atoms with E-state index in [1.165, 1.54) is 10.6 Å². The first kappa shape index (κ1) is 15.7. The fourth-order valence-corrected chi connectivity index (χ4v) is 12.0. The zero-order valence-electron chi connectivity index (χ0n) is 11.4. The molecule has 0 bridgehead atoms. The Hall–Kier alpha value is -0.721. The summed E-state index contributed by atoms with van der Waals surface area (Å²) in [4.78, 5) is 11.2. The average molecular weight is 367 g/mol. The van der Waals surface area contributed by atoms with E-state index >= 15 is 0 Å². The van der Waals surface area contributed by atoms with Crippen LogP contribution < -0.4 is 10.6 Å². The number of carbonyl (C=O) groups is 1. The third kappa shape index (κ3) is 3.90. The van der Waals surface area contributed by atoms with Crippen LogP contribution in [0.1, 0.15) is 13.3 Å². The first-order valence-corrected chi connectivity index (χ1v) is 12.7. The van der Waals surface area contributed by atoms with Gasteiger partial charge in [-0.2, -0.15) is 0 Å².